The van der Waals surface area contributed by atoms with E-state index in [9.17, 15) is 22.8 Å². The van der Waals surface area contributed by atoms with Crippen molar-refractivity contribution in [1.82, 2.24) is 0 Å². The molecule has 0 unspecified atom stereocenters. The lowest BCUT2D eigenvalue weighted by atomic mass is 10.0. The summed E-state index contributed by atoms with van der Waals surface area (Å²) in [6, 6.07) is 14.2. The van der Waals surface area contributed by atoms with E-state index in [1.165, 1.54) is 24.3 Å². The minimum Gasteiger partial charge on any atom is -0.423 e. The van der Waals surface area contributed by atoms with Gasteiger partial charge in [-0.1, -0.05) is 23.5 Å². The number of benzene rings is 3. The van der Waals surface area contributed by atoms with Gasteiger partial charge in [0.15, 0.2) is 5.58 Å². The van der Waals surface area contributed by atoms with E-state index < -0.39 is 22.6 Å². The molecule has 9 heteroatoms. The maximum absolute atomic E-state index is 13.1. The minimum atomic E-state index is -4.53. The van der Waals surface area contributed by atoms with Gasteiger partial charge in [0.2, 0.25) is 0 Å². The van der Waals surface area contributed by atoms with Gasteiger partial charge in [0.05, 0.1) is 15.8 Å². The van der Waals surface area contributed by atoms with Crippen LogP contribution in [0.1, 0.15) is 15.9 Å². The zero-order chi connectivity index (χ0) is 21.5. The molecule has 4 nitrogen and oxygen atoms in total. The summed E-state index contributed by atoms with van der Waals surface area (Å²) >= 11 is 2.88. The van der Waals surface area contributed by atoms with Crippen molar-refractivity contribution in [2.24, 2.45) is 0 Å². The van der Waals surface area contributed by atoms with Gasteiger partial charge in [0.25, 0.3) is 0 Å². The molecule has 3 aromatic carbocycles. The number of hydrogen-bond acceptors (Lipinski definition) is 5. The molecule has 0 saturated carbocycles. The number of alkyl halides is 3. The summed E-state index contributed by atoms with van der Waals surface area (Å²) in [4.78, 5) is 23.6. The van der Waals surface area contributed by atoms with Gasteiger partial charge >= 0.3 is 17.1 Å². The van der Waals surface area contributed by atoms with Crippen molar-refractivity contribution in [1.29, 1.82) is 0 Å². The lowest BCUT2D eigenvalue weighted by molar-refractivity contribution is -0.137. The van der Waals surface area contributed by atoms with Crippen molar-refractivity contribution < 1.29 is 27.1 Å². The Kier molecular flexibility index (Phi) is 5.41. The third-order valence-corrected chi connectivity index (χ3v) is 5.69. The molecule has 0 atom stereocenters. The SMILES string of the molecule is O=C(Oc1cc(-c2cccc(C(F)(F)F)c2)c2oc(=O)sc2c1)c1ccc(I)cc1. The maximum Gasteiger partial charge on any atom is 0.416 e. The van der Waals surface area contributed by atoms with Crippen molar-refractivity contribution >= 4 is 50.2 Å². The van der Waals surface area contributed by atoms with E-state index in [2.05, 4.69) is 22.6 Å². The average molecular weight is 542 g/mol. The lowest BCUT2D eigenvalue weighted by Gasteiger charge is -2.11. The highest BCUT2D eigenvalue weighted by atomic mass is 127. The average Bonchev–Trinajstić information content (AvgIpc) is 3.07. The second kappa shape index (κ2) is 7.88. The Morgan fingerprint density at radius 3 is 2.47 bits per heavy atom. The van der Waals surface area contributed by atoms with Gasteiger partial charge in [-0.15, -0.1) is 0 Å². The number of hydrogen-bond donors (Lipinski definition) is 0. The van der Waals surface area contributed by atoms with E-state index in [0.717, 1.165) is 27.0 Å². The van der Waals surface area contributed by atoms with Crippen molar-refractivity contribution in [3.05, 3.63) is 85.1 Å². The fraction of sp³-hybridized carbons (Fsp3) is 0.0476. The topological polar surface area (TPSA) is 56.5 Å². The van der Waals surface area contributed by atoms with Crippen molar-refractivity contribution in [2.75, 3.05) is 0 Å². The molecule has 4 rings (SSSR count). The molecule has 152 valence electrons. The van der Waals surface area contributed by atoms with Gasteiger partial charge in [-0.2, -0.15) is 13.2 Å². The van der Waals surface area contributed by atoms with Crippen LogP contribution < -0.4 is 9.68 Å². The van der Waals surface area contributed by atoms with Gasteiger partial charge in [0, 0.05) is 15.2 Å². The number of halogens is 4. The van der Waals surface area contributed by atoms with E-state index in [-0.39, 0.29) is 22.5 Å². The first kappa shape index (κ1) is 20.6. The van der Waals surface area contributed by atoms with Crippen LogP contribution in [0, 0.1) is 3.57 Å². The zero-order valence-corrected chi connectivity index (χ0v) is 17.8. The molecule has 0 N–H and O–H groups in total. The summed E-state index contributed by atoms with van der Waals surface area (Å²) in [6.45, 7) is 0. The lowest BCUT2D eigenvalue weighted by Crippen LogP contribution is -2.08. The first-order valence-electron chi connectivity index (χ1n) is 8.44. The summed E-state index contributed by atoms with van der Waals surface area (Å²) in [7, 11) is 0. The third kappa shape index (κ3) is 4.26. The quantitative estimate of drug-likeness (QED) is 0.172. The number of fused-ring (bicyclic) bond motifs is 1. The van der Waals surface area contributed by atoms with E-state index >= 15 is 0 Å². The zero-order valence-electron chi connectivity index (χ0n) is 14.8. The Balaban J connectivity index is 1.79. The Labute approximate surface area is 185 Å². The minimum absolute atomic E-state index is 0.0931. The summed E-state index contributed by atoms with van der Waals surface area (Å²) < 4.78 is 51.3. The third-order valence-electron chi connectivity index (χ3n) is 4.20. The van der Waals surface area contributed by atoms with Crippen LogP contribution in [0.25, 0.3) is 21.4 Å². The van der Waals surface area contributed by atoms with Crippen molar-refractivity contribution in [3.63, 3.8) is 0 Å². The van der Waals surface area contributed by atoms with Crippen LogP contribution in [0.5, 0.6) is 5.75 Å². The molecule has 0 fully saturated rings. The van der Waals surface area contributed by atoms with E-state index in [0.29, 0.717) is 10.3 Å². The van der Waals surface area contributed by atoms with Gasteiger partial charge in [-0.05, 0) is 70.6 Å². The predicted octanol–water partition coefficient (Wildman–Crippen LogP) is 6.36. The number of carbonyl (C=O) groups excluding carboxylic acids is 1. The fourth-order valence-corrected chi connectivity index (χ4v) is 3.92. The summed E-state index contributed by atoms with van der Waals surface area (Å²) in [5, 5.41) is 0. The van der Waals surface area contributed by atoms with Crippen LogP contribution in [0.4, 0.5) is 13.2 Å². The highest BCUT2D eigenvalue weighted by Gasteiger charge is 2.30. The first-order chi connectivity index (χ1) is 14.2. The van der Waals surface area contributed by atoms with Gasteiger partial charge in [-0.25, -0.2) is 9.59 Å². The molecule has 0 aliphatic carbocycles. The first-order valence-corrected chi connectivity index (χ1v) is 10.3. The van der Waals surface area contributed by atoms with Crippen LogP contribution in [0.15, 0.2) is 69.9 Å². The van der Waals surface area contributed by atoms with Gasteiger partial charge < -0.3 is 9.15 Å². The summed E-state index contributed by atoms with van der Waals surface area (Å²) in [5.41, 5.74) is 0.0211. The summed E-state index contributed by atoms with van der Waals surface area (Å²) in [5.74, 6) is -0.535. The smallest absolute Gasteiger partial charge is 0.416 e. The van der Waals surface area contributed by atoms with Crippen LogP contribution in [0.3, 0.4) is 0 Å². The number of esters is 1. The molecule has 0 radical (unpaired) electrons. The molecule has 0 saturated heterocycles. The van der Waals surface area contributed by atoms with Crippen LogP contribution >= 0.6 is 33.9 Å². The maximum atomic E-state index is 13.1. The Morgan fingerprint density at radius 1 is 1.03 bits per heavy atom. The molecule has 0 amide bonds. The highest BCUT2D eigenvalue weighted by Crippen LogP contribution is 2.37. The summed E-state index contributed by atoms with van der Waals surface area (Å²) in [6.07, 6.45) is -4.53. The largest absolute Gasteiger partial charge is 0.423 e. The number of rotatable bonds is 3. The molecule has 1 aromatic heterocycles. The molecule has 30 heavy (non-hydrogen) atoms. The standard InChI is InChI=1S/C21H10F3IO4S/c22-21(23,24)13-3-1-2-12(8-13)16-9-15(10-17-18(16)29-20(27)30-17)28-19(26)11-4-6-14(25)7-5-11/h1-10H. The number of carbonyl (C=O) groups is 1. The molecular formula is C21H10F3IO4S. The Bertz CT molecular complexity index is 1310. The second-order valence-corrected chi connectivity index (χ2v) is 8.45. The molecular weight excluding hydrogens is 532 g/mol. The molecule has 0 spiro atoms. The Morgan fingerprint density at radius 2 is 1.77 bits per heavy atom. The van der Waals surface area contributed by atoms with E-state index in [1.807, 2.05) is 0 Å². The molecule has 1 heterocycles. The van der Waals surface area contributed by atoms with Crippen LogP contribution in [-0.2, 0) is 6.18 Å². The Hall–Kier alpha value is -2.66. The fourth-order valence-electron chi connectivity index (χ4n) is 2.84. The molecule has 4 aromatic rings. The van der Waals surface area contributed by atoms with Crippen molar-refractivity contribution in [3.8, 4) is 16.9 Å². The van der Waals surface area contributed by atoms with Crippen LogP contribution in [0.2, 0.25) is 0 Å². The molecule has 0 aliphatic rings. The number of ether oxygens (including phenoxy) is 1. The highest BCUT2D eigenvalue weighted by molar-refractivity contribution is 14.1. The molecule has 0 aliphatic heterocycles. The van der Waals surface area contributed by atoms with E-state index in [4.69, 9.17) is 9.15 Å². The molecule has 0 bridgehead atoms. The van der Waals surface area contributed by atoms with E-state index in [1.54, 1.807) is 24.3 Å². The van der Waals surface area contributed by atoms with Gasteiger partial charge in [-0.3, -0.25) is 0 Å². The normalized spacial score (nSPS) is 11.6. The van der Waals surface area contributed by atoms with Gasteiger partial charge in [0.1, 0.15) is 5.75 Å². The monoisotopic (exact) mass is 542 g/mol. The predicted molar refractivity (Wildman–Crippen MR) is 115 cm³/mol. The van der Waals surface area contributed by atoms with Crippen LogP contribution in [-0.4, -0.2) is 5.97 Å². The second-order valence-electron chi connectivity index (χ2n) is 6.23. The van der Waals surface area contributed by atoms with Crippen molar-refractivity contribution in [2.45, 2.75) is 6.18 Å².